The predicted molar refractivity (Wildman–Crippen MR) is 61.8 cm³/mol. The summed E-state index contributed by atoms with van der Waals surface area (Å²) in [7, 11) is 0. The van der Waals surface area contributed by atoms with Gasteiger partial charge in [0.25, 0.3) is 0 Å². The van der Waals surface area contributed by atoms with E-state index in [0.717, 1.165) is 0 Å². The summed E-state index contributed by atoms with van der Waals surface area (Å²) < 4.78 is 5.08. The minimum atomic E-state index is -0.919. The molecular formula is C11H24InN. The zero-order valence-corrected chi connectivity index (χ0v) is 12.7. The van der Waals surface area contributed by atoms with Gasteiger partial charge in [-0.15, -0.1) is 0 Å². The number of hydrogen-bond acceptors (Lipinski definition) is 1. The van der Waals surface area contributed by atoms with Crippen molar-refractivity contribution in [2.24, 2.45) is 0 Å². The van der Waals surface area contributed by atoms with E-state index >= 15 is 0 Å². The van der Waals surface area contributed by atoms with Crippen molar-refractivity contribution in [3.05, 3.63) is 0 Å². The molecule has 0 radical (unpaired) electrons. The molecule has 1 aliphatic heterocycles. The molecule has 0 amide bonds. The van der Waals surface area contributed by atoms with E-state index in [2.05, 4.69) is 18.7 Å². The van der Waals surface area contributed by atoms with Crippen LogP contribution in [-0.4, -0.2) is 46.0 Å². The fraction of sp³-hybridized carbons (Fsp3) is 1.00. The van der Waals surface area contributed by atoms with Crippen LogP contribution in [0.25, 0.3) is 0 Å². The molecular weight excluding hydrogens is 261 g/mol. The Bertz CT molecular complexity index is 117. The van der Waals surface area contributed by atoms with Crippen LogP contribution in [0, 0.1) is 0 Å². The third kappa shape index (κ3) is 4.73. The van der Waals surface area contributed by atoms with Gasteiger partial charge in [0.05, 0.1) is 0 Å². The van der Waals surface area contributed by atoms with Gasteiger partial charge in [0, 0.05) is 0 Å². The van der Waals surface area contributed by atoms with Gasteiger partial charge in [-0.25, -0.2) is 0 Å². The van der Waals surface area contributed by atoms with Crippen molar-refractivity contribution in [3.63, 3.8) is 0 Å². The van der Waals surface area contributed by atoms with E-state index in [1.54, 1.807) is 31.8 Å². The van der Waals surface area contributed by atoms with Gasteiger partial charge in [-0.05, 0) is 0 Å². The Morgan fingerprint density at radius 3 is 2.15 bits per heavy atom. The summed E-state index contributed by atoms with van der Waals surface area (Å²) in [6.45, 7) is 8.53. The van der Waals surface area contributed by atoms with E-state index < -0.39 is 21.4 Å². The second-order valence-electron chi connectivity index (χ2n) is 4.32. The fourth-order valence-electron chi connectivity index (χ4n) is 2.38. The zero-order valence-electron chi connectivity index (χ0n) is 9.39. The fourth-order valence-corrected chi connectivity index (χ4v) is 11.9. The summed E-state index contributed by atoms with van der Waals surface area (Å²) in [6, 6.07) is 0. The van der Waals surface area contributed by atoms with Crippen LogP contribution in [-0.2, 0) is 0 Å². The summed E-state index contributed by atoms with van der Waals surface area (Å²) in [5.41, 5.74) is 0. The topological polar surface area (TPSA) is 3.24 Å². The van der Waals surface area contributed by atoms with Crippen molar-refractivity contribution in [1.29, 1.82) is 0 Å². The van der Waals surface area contributed by atoms with E-state index in [0.29, 0.717) is 0 Å². The van der Waals surface area contributed by atoms with Crippen LogP contribution in [0.15, 0.2) is 0 Å². The molecule has 1 rings (SSSR count). The Balaban J connectivity index is 2.09. The van der Waals surface area contributed by atoms with Crippen LogP contribution in [0.5, 0.6) is 0 Å². The third-order valence-corrected chi connectivity index (χ3v) is 13.5. The summed E-state index contributed by atoms with van der Waals surface area (Å²) in [6.07, 6.45) is 4.71. The first kappa shape index (κ1) is 11.9. The molecule has 1 fully saturated rings. The number of nitrogens with zero attached hydrogens (tertiary/aromatic N) is 1. The van der Waals surface area contributed by atoms with Crippen LogP contribution in [0.3, 0.4) is 0 Å². The molecule has 0 atom stereocenters. The van der Waals surface area contributed by atoms with Gasteiger partial charge < -0.3 is 0 Å². The molecule has 0 aromatic heterocycles. The Hall–Kier alpha value is 0.830. The molecule has 0 bridgehead atoms. The van der Waals surface area contributed by atoms with E-state index in [-0.39, 0.29) is 0 Å². The van der Waals surface area contributed by atoms with Crippen molar-refractivity contribution in [1.82, 2.24) is 4.90 Å². The molecule has 0 unspecified atom stereocenters. The van der Waals surface area contributed by atoms with E-state index in [9.17, 15) is 0 Å². The maximum atomic E-state index is 2.60. The summed E-state index contributed by atoms with van der Waals surface area (Å²) in [5.74, 6) is 0. The molecule has 0 N–H and O–H groups in total. The van der Waals surface area contributed by atoms with Gasteiger partial charge in [-0.2, -0.15) is 0 Å². The van der Waals surface area contributed by atoms with Crippen LogP contribution >= 0.6 is 0 Å². The molecule has 0 aliphatic carbocycles. The second-order valence-corrected chi connectivity index (χ2v) is 14.2. The van der Waals surface area contributed by atoms with Gasteiger partial charge >= 0.3 is 91.6 Å². The first-order chi connectivity index (χ1) is 6.36. The van der Waals surface area contributed by atoms with Gasteiger partial charge in [-0.3, -0.25) is 0 Å². The van der Waals surface area contributed by atoms with Crippen LogP contribution < -0.4 is 0 Å². The first-order valence-electron chi connectivity index (χ1n) is 6.09. The van der Waals surface area contributed by atoms with Crippen LogP contribution in [0.4, 0.5) is 0 Å². The molecule has 1 nitrogen and oxygen atoms in total. The molecule has 13 heavy (non-hydrogen) atoms. The quantitative estimate of drug-likeness (QED) is 0.750. The summed E-state index contributed by atoms with van der Waals surface area (Å²) in [4.78, 5) is 2.60. The average Bonchev–Trinajstić information content (AvgIpc) is 2.21. The molecule has 0 spiro atoms. The van der Waals surface area contributed by atoms with Gasteiger partial charge in [-0.1, -0.05) is 0 Å². The van der Waals surface area contributed by atoms with Gasteiger partial charge in [0.15, 0.2) is 0 Å². The van der Waals surface area contributed by atoms with Crippen molar-refractivity contribution in [3.8, 4) is 0 Å². The number of rotatable bonds is 5. The summed E-state index contributed by atoms with van der Waals surface area (Å²) in [5, 5.41) is 0. The Morgan fingerprint density at radius 2 is 1.62 bits per heavy atom. The second kappa shape index (κ2) is 7.17. The van der Waals surface area contributed by atoms with Crippen LogP contribution in [0.2, 0.25) is 12.5 Å². The SMILES string of the molecule is CCN(CC)C[CH2][In]1[CH2]CCC[CH2]1. The van der Waals surface area contributed by atoms with E-state index in [4.69, 9.17) is 0 Å². The average molecular weight is 285 g/mol. The third-order valence-electron chi connectivity index (χ3n) is 3.47. The van der Waals surface area contributed by atoms with Gasteiger partial charge in [0.2, 0.25) is 0 Å². The summed E-state index contributed by atoms with van der Waals surface area (Å²) >= 11 is -0.919. The van der Waals surface area contributed by atoms with E-state index in [1.807, 2.05) is 0 Å². The molecule has 0 saturated carbocycles. The molecule has 0 aromatic carbocycles. The van der Waals surface area contributed by atoms with Crippen molar-refractivity contribution < 1.29 is 0 Å². The van der Waals surface area contributed by atoms with Crippen molar-refractivity contribution >= 4 is 21.4 Å². The molecule has 2 heteroatoms. The van der Waals surface area contributed by atoms with Crippen molar-refractivity contribution in [2.75, 3.05) is 19.6 Å². The first-order valence-corrected chi connectivity index (χ1v) is 13.1. The monoisotopic (exact) mass is 285 g/mol. The van der Waals surface area contributed by atoms with Crippen molar-refractivity contribution in [2.45, 2.75) is 45.6 Å². The zero-order chi connectivity index (χ0) is 9.52. The molecule has 1 heterocycles. The minimum absolute atomic E-state index is 0.919. The Labute approximate surface area is 91.4 Å². The van der Waals surface area contributed by atoms with Gasteiger partial charge in [0.1, 0.15) is 0 Å². The molecule has 1 saturated heterocycles. The maximum absolute atomic E-state index is 2.60. The molecule has 0 aromatic rings. The Morgan fingerprint density at radius 1 is 1.00 bits per heavy atom. The molecule has 76 valence electrons. The Kier molecular flexibility index (Phi) is 6.56. The van der Waals surface area contributed by atoms with Crippen LogP contribution in [0.1, 0.15) is 33.1 Å². The standard InChI is InChI=1S/C6H14N.C5H10.In/c1-4-7(5-2)6-3;1-3-5-4-2;/h1,4-6H2,2-3H3;1-5H2;. The van der Waals surface area contributed by atoms with E-state index in [1.165, 1.54) is 19.6 Å². The number of hydrogen-bond donors (Lipinski definition) is 0. The predicted octanol–water partition coefficient (Wildman–Crippen LogP) is 3.01. The normalized spacial score (nSPS) is 18.2. The molecule has 1 aliphatic rings.